The van der Waals surface area contributed by atoms with Crippen LogP contribution in [0.1, 0.15) is 33.1 Å². The lowest BCUT2D eigenvalue weighted by atomic mass is 10.0. The van der Waals surface area contributed by atoms with Gasteiger partial charge >= 0.3 is 0 Å². The van der Waals surface area contributed by atoms with Crippen LogP contribution in [0.2, 0.25) is 0 Å². The SMILES string of the molecule is C#CCCC(NN)C(CC)OCC. The molecular weight excluding hydrogens is 164 g/mol. The standard InChI is InChI=1S/C10H20N2O/c1-4-7-8-9(12-11)10(5-2)13-6-3/h1,9-10,12H,5-8,11H2,2-3H3. The van der Waals surface area contributed by atoms with Crippen LogP contribution in [0.5, 0.6) is 0 Å². The lowest BCUT2D eigenvalue weighted by Crippen LogP contribution is -2.44. The van der Waals surface area contributed by atoms with Gasteiger partial charge in [-0.1, -0.05) is 6.92 Å². The zero-order valence-corrected chi connectivity index (χ0v) is 8.55. The number of hydrogen-bond acceptors (Lipinski definition) is 3. The van der Waals surface area contributed by atoms with Gasteiger partial charge in [0.1, 0.15) is 0 Å². The Hall–Kier alpha value is -0.560. The zero-order chi connectivity index (χ0) is 10.1. The van der Waals surface area contributed by atoms with E-state index in [-0.39, 0.29) is 12.1 Å². The lowest BCUT2D eigenvalue weighted by Gasteiger charge is -2.24. The van der Waals surface area contributed by atoms with Crippen molar-refractivity contribution in [3.63, 3.8) is 0 Å². The summed E-state index contributed by atoms with van der Waals surface area (Å²) in [6, 6.07) is 0.168. The number of ether oxygens (including phenoxy) is 1. The first-order valence-electron chi connectivity index (χ1n) is 4.81. The average molecular weight is 184 g/mol. The molecule has 2 atom stereocenters. The Bertz CT molecular complexity index is 153. The van der Waals surface area contributed by atoms with Crippen molar-refractivity contribution in [3.8, 4) is 12.3 Å². The van der Waals surface area contributed by atoms with Crippen LogP contribution in [0, 0.1) is 12.3 Å². The molecule has 13 heavy (non-hydrogen) atoms. The van der Waals surface area contributed by atoms with E-state index in [9.17, 15) is 0 Å². The fourth-order valence-electron chi connectivity index (χ4n) is 1.35. The molecule has 0 aromatic rings. The van der Waals surface area contributed by atoms with E-state index in [1.807, 2.05) is 6.92 Å². The molecule has 0 heterocycles. The van der Waals surface area contributed by atoms with Crippen molar-refractivity contribution in [3.05, 3.63) is 0 Å². The van der Waals surface area contributed by atoms with Gasteiger partial charge in [0.25, 0.3) is 0 Å². The normalized spacial score (nSPS) is 14.9. The van der Waals surface area contributed by atoms with Crippen molar-refractivity contribution < 1.29 is 4.74 Å². The average Bonchev–Trinajstić information content (AvgIpc) is 2.17. The summed E-state index contributed by atoms with van der Waals surface area (Å²) < 4.78 is 5.53. The van der Waals surface area contributed by atoms with Gasteiger partial charge in [0, 0.05) is 19.1 Å². The Morgan fingerprint density at radius 3 is 2.62 bits per heavy atom. The molecule has 0 aliphatic heterocycles. The smallest absolute Gasteiger partial charge is 0.0739 e. The molecule has 3 heteroatoms. The predicted octanol–water partition coefficient (Wildman–Crippen LogP) is 1.05. The number of hydrazine groups is 1. The maximum atomic E-state index is 5.53. The topological polar surface area (TPSA) is 47.3 Å². The molecule has 0 fully saturated rings. The quantitative estimate of drug-likeness (QED) is 0.353. The van der Waals surface area contributed by atoms with E-state index in [2.05, 4.69) is 18.3 Å². The molecule has 0 spiro atoms. The third-order valence-electron chi connectivity index (χ3n) is 2.05. The highest BCUT2D eigenvalue weighted by Gasteiger charge is 2.17. The highest BCUT2D eigenvalue weighted by atomic mass is 16.5. The monoisotopic (exact) mass is 184 g/mol. The maximum Gasteiger partial charge on any atom is 0.0739 e. The number of nitrogens with two attached hydrogens (primary N) is 1. The van der Waals surface area contributed by atoms with Gasteiger partial charge in [-0.25, -0.2) is 0 Å². The Balaban J connectivity index is 3.93. The molecule has 3 nitrogen and oxygen atoms in total. The van der Waals surface area contributed by atoms with Crippen molar-refractivity contribution in [1.29, 1.82) is 0 Å². The summed E-state index contributed by atoms with van der Waals surface area (Å²) in [5.41, 5.74) is 2.75. The van der Waals surface area contributed by atoms with E-state index >= 15 is 0 Å². The van der Waals surface area contributed by atoms with Crippen molar-refractivity contribution in [2.24, 2.45) is 5.84 Å². The minimum atomic E-state index is 0.168. The van der Waals surface area contributed by atoms with Gasteiger partial charge in [-0.3, -0.25) is 11.3 Å². The number of nitrogens with one attached hydrogen (secondary N) is 1. The molecule has 0 amide bonds. The second-order valence-corrected chi connectivity index (χ2v) is 2.92. The third-order valence-corrected chi connectivity index (χ3v) is 2.05. The first-order valence-corrected chi connectivity index (χ1v) is 4.81. The molecule has 0 radical (unpaired) electrons. The van der Waals surface area contributed by atoms with Crippen LogP contribution in [0.3, 0.4) is 0 Å². The third kappa shape index (κ3) is 4.89. The van der Waals surface area contributed by atoms with Gasteiger partial charge < -0.3 is 4.74 Å². The molecule has 0 saturated heterocycles. The van der Waals surface area contributed by atoms with Crippen LogP contribution in [0.25, 0.3) is 0 Å². The molecule has 0 saturated carbocycles. The molecule has 76 valence electrons. The predicted molar refractivity (Wildman–Crippen MR) is 54.9 cm³/mol. The Kier molecular flexibility index (Phi) is 7.71. The number of rotatable bonds is 7. The summed E-state index contributed by atoms with van der Waals surface area (Å²) in [7, 11) is 0. The van der Waals surface area contributed by atoms with Crippen LogP contribution in [0.15, 0.2) is 0 Å². The van der Waals surface area contributed by atoms with Gasteiger partial charge in [-0.2, -0.15) is 0 Å². The summed E-state index contributed by atoms with van der Waals surface area (Å²) in [4.78, 5) is 0. The van der Waals surface area contributed by atoms with Crippen molar-refractivity contribution in [2.45, 2.75) is 45.3 Å². The van der Waals surface area contributed by atoms with Crippen molar-refractivity contribution in [1.82, 2.24) is 5.43 Å². The van der Waals surface area contributed by atoms with Gasteiger partial charge in [-0.15, -0.1) is 12.3 Å². The van der Waals surface area contributed by atoms with E-state index in [1.54, 1.807) is 0 Å². The molecule has 3 N–H and O–H groups in total. The minimum absolute atomic E-state index is 0.168. The molecule has 0 aromatic heterocycles. The summed E-state index contributed by atoms with van der Waals surface area (Å²) >= 11 is 0. The van der Waals surface area contributed by atoms with E-state index < -0.39 is 0 Å². The zero-order valence-electron chi connectivity index (χ0n) is 8.55. The minimum Gasteiger partial charge on any atom is -0.377 e. The second-order valence-electron chi connectivity index (χ2n) is 2.92. The van der Waals surface area contributed by atoms with Crippen LogP contribution in [0.4, 0.5) is 0 Å². The largest absolute Gasteiger partial charge is 0.377 e. The second kappa shape index (κ2) is 8.06. The number of terminal acetylenes is 1. The van der Waals surface area contributed by atoms with Gasteiger partial charge in [0.2, 0.25) is 0 Å². The Labute approximate surface area is 81.0 Å². The molecule has 0 aliphatic carbocycles. The van der Waals surface area contributed by atoms with E-state index in [1.165, 1.54) is 0 Å². The first-order chi connectivity index (χ1) is 6.29. The fraction of sp³-hybridized carbons (Fsp3) is 0.800. The summed E-state index contributed by atoms with van der Waals surface area (Å²) in [5, 5.41) is 0. The van der Waals surface area contributed by atoms with Crippen LogP contribution in [-0.4, -0.2) is 18.8 Å². The molecule has 0 bridgehead atoms. The van der Waals surface area contributed by atoms with Gasteiger partial charge in [0.15, 0.2) is 0 Å². The molecule has 0 aliphatic rings. The molecule has 2 unspecified atom stereocenters. The van der Waals surface area contributed by atoms with Crippen molar-refractivity contribution in [2.75, 3.05) is 6.61 Å². The van der Waals surface area contributed by atoms with E-state index in [0.717, 1.165) is 19.3 Å². The molecular formula is C10H20N2O. The lowest BCUT2D eigenvalue weighted by molar-refractivity contribution is 0.0300. The first kappa shape index (κ1) is 12.4. The van der Waals surface area contributed by atoms with E-state index in [0.29, 0.717) is 6.61 Å². The van der Waals surface area contributed by atoms with Crippen molar-refractivity contribution >= 4 is 0 Å². The van der Waals surface area contributed by atoms with Gasteiger partial charge in [0.05, 0.1) is 6.10 Å². The number of hydrogen-bond donors (Lipinski definition) is 2. The Morgan fingerprint density at radius 1 is 1.54 bits per heavy atom. The highest BCUT2D eigenvalue weighted by Crippen LogP contribution is 2.08. The molecule has 0 aromatic carbocycles. The summed E-state index contributed by atoms with van der Waals surface area (Å²) in [6.07, 6.45) is 7.91. The van der Waals surface area contributed by atoms with Gasteiger partial charge in [-0.05, 0) is 19.8 Å². The van der Waals surface area contributed by atoms with E-state index in [4.69, 9.17) is 17.0 Å². The van der Waals surface area contributed by atoms with Crippen LogP contribution < -0.4 is 11.3 Å². The summed E-state index contributed by atoms with van der Waals surface area (Å²) in [5.74, 6) is 8.02. The summed E-state index contributed by atoms with van der Waals surface area (Å²) in [6.45, 7) is 4.78. The highest BCUT2D eigenvalue weighted by molar-refractivity contribution is 4.87. The molecule has 0 rings (SSSR count). The maximum absolute atomic E-state index is 5.53. The Morgan fingerprint density at radius 2 is 2.23 bits per heavy atom. The van der Waals surface area contributed by atoms with Crippen LogP contribution in [-0.2, 0) is 4.74 Å². The fourth-order valence-corrected chi connectivity index (χ4v) is 1.35. The van der Waals surface area contributed by atoms with Crippen LogP contribution >= 0.6 is 0 Å².